The summed E-state index contributed by atoms with van der Waals surface area (Å²) in [6.07, 6.45) is 2.14. The maximum atomic E-state index is 13.1. The van der Waals surface area contributed by atoms with Crippen LogP contribution in [-0.4, -0.2) is 37.0 Å². The summed E-state index contributed by atoms with van der Waals surface area (Å²) in [7, 11) is 0. The van der Waals surface area contributed by atoms with E-state index in [1.807, 2.05) is 6.07 Å². The number of nitrogens with zero attached hydrogens (tertiary/aromatic N) is 1. The van der Waals surface area contributed by atoms with E-state index >= 15 is 0 Å². The highest BCUT2D eigenvalue weighted by molar-refractivity contribution is 5.77. The third-order valence-electron chi connectivity index (χ3n) is 4.66. The topological polar surface area (TPSA) is 41.6 Å². The minimum absolute atomic E-state index is 0.0890. The third kappa shape index (κ3) is 5.85. The van der Waals surface area contributed by atoms with Crippen LogP contribution in [0.1, 0.15) is 18.4 Å². The Bertz CT molecular complexity index is 708. The lowest BCUT2D eigenvalue weighted by atomic mass is 10.1. The number of hydrogen-bond acceptors (Lipinski definition) is 3. The molecule has 1 N–H and O–H groups in total. The molecule has 1 saturated heterocycles. The van der Waals surface area contributed by atoms with E-state index in [1.54, 1.807) is 12.1 Å². The maximum Gasteiger partial charge on any atom is 0.257 e. The molecule has 1 aliphatic rings. The molecule has 0 aliphatic carbocycles. The first-order chi connectivity index (χ1) is 12.7. The Balaban J connectivity index is 1.30. The molecular formula is C21H25FN2O2. The highest BCUT2D eigenvalue weighted by Gasteiger charge is 2.22. The van der Waals surface area contributed by atoms with E-state index in [1.165, 1.54) is 24.1 Å². The van der Waals surface area contributed by atoms with Gasteiger partial charge in [-0.15, -0.1) is 0 Å². The number of rotatable bonds is 8. The zero-order chi connectivity index (χ0) is 18.2. The van der Waals surface area contributed by atoms with E-state index in [0.29, 0.717) is 18.2 Å². The van der Waals surface area contributed by atoms with Crippen molar-refractivity contribution in [2.45, 2.75) is 19.4 Å². The molecule has 0 saturated carbocycles. The molecule has 1 atom stereocenters. The maximum absolute atomic E-state index is 13.1. The van der Waals surface area contributed by atoms with E-state index in [4.69, 9.17) is 4.74 Å². The number of carbonyl (C=O) groups is 1. The molecule has 0 unspecified atom stereocenters. The summed E-state index contributed by atoms with van der Waals surface area (Å²) in [5, 5.41) is 2.88. The molecule has 2 aromatic rings. The van der Waals surface area contributed by atoms with E-state index in [2.05, 4.69) is 34.5 Å². The van der Waals surface area contributed by atoms with Crippen LogP contribution in [0.5, 0.6) is 5.75 Å². The summed E-state index contributed by atoms with van der Waals surface area (Å²) < 4.78 is 18.3. The van der Waals surface area contributed by atoms with Crippen LogP contribution >= 0.6 is 0 Å². The van der Waals surface area contributed by atoms with Gasteiger partial charge in [0.1, 0.15) is 11.6 Å². The summed E-state index contributed by atoms with van der Waals surface area (Å²) >= 11 is 0. The zero-order valence-corrected chi connectivity index (χ0v) is 14.9. The van der Waals surface area contributed by atoms with Gasteiger partial charge in [-0.1, -0.05) is 36.4 Å². The van der Waals surface area contributed by atoms with Gasteiger partial charge in [-0.2, -0.15) is 0 Å². The lowest BCUT2D eigenvalue weighted by Crippen LogP contribution is -2.31. The molecule has 0 radical (unpaired) electrons. The second kappa shape index (κ2) is 9.34. The van der Waals surface area contributed by atoms with Gasteiger partial charge in [-0.25, -0.2) is 4.39 Å². The minimum atomic E-state index is -0.371. The normalized spacial score (nSPS) is 17.2. The van der Waals surface area contributed by atoms with Gasteiger partial charge in [0.05, 0.1) is 0 Å². The van der Waals surface area contributed by atoms with Crippen LogP contribution in [0.15, 0.2) is 54.6 Å². The van der Waals surface area contributed by atoms with Crippen molar-refractivity contribution in [3.05, 3.63) is 66.0 Å². The second-order valence-corrected chi connectivity index (χ2v) is 6.76. The van der Waals surface area contributed by atoms with Crippen LogP contribution in [0.2, 0.25) is 0 Å². The number of amides is 1. The smallest absolute Gasteiger partial charge is 0.257 e. The molecule has 1 fully saturated rings. The van der Waals surface area contributed by atoms with Gasteiger partial charge in [0.15, 0.2) is 6.61 Å². The van der Waals surface area contributed by atoms with Crippen molar-refractivity contribution in [1.29, 1.82) is 0 Å². The molecule has 3 rings (SSSR count). The van der Waals surface area contributed by atoms with Gasteiger partial charge in [-0.3, -0.25) is 9.69 Å². The first-order valence-corrected chi connectivity index (χ1v) is 9.10. The zero-order valence-electron chi connectivity index (χ0n) is 14.9. The Labute approximate surface area is 154 Å². The summed E-state index contributed by atoms with van der Waals surface area (Å²) in [6, 6.07) is 16.3. The van der Waals surface area contributed by atoms with Crippen LogP contribution in [0.4, 0.5) is 4.39 Å². The fourth-order valence-corrected chi connectivity index (χ4v) is 3.31. The van der Waals surface area contributed by atoms with Crippen LogP contribution in [0, 0.1) is 11.7 Å². The van der Waals surface area contributed by atoms with E-state index in [-0.39, 0.29) is 18.3 Å². The second-order valence-electron chi connectivity index (χ2n) is 6.76. The number of benzene rings is 2. The third-order valence-corrected chi connectivity index (χ3v) is 4.66. The molecule has 4 nitrogen and oxygen atoms in total. The predicted molar refractivity (Wildman–Crippen MR) is 99.3 cm³/mol. The standard InChI is InChI=1S/C21H25FN2O2/c22-19-7-4-8-20(13-19)26-16-21(25)23-11-9-18-10-12-24(15-18)14-17-5-2-1-3-6-17/h1-8,13,18H,9-12,14-16H2,(H,23,25)/t18-/m0/s1. The van der Waals surface area contributed by atoms with Crippen molar-refractivity contribution in [3.8, 4) is 5.75 Å². The molecule has 5 heteroatoms. The molecule has 0 bridgehead atoms. The number of halogens is 1. The van der Waals surface area contributed by atoms with Gasteiger partial charge in [0, 0.05) is 25.7 Å². The van der Waals surface area contributed by atoms with Crippen LogP contribution in [-0.2, 0) is 11.3 Å². The van der Waals surface area contributed by atoms with Crippen molar-refractivity contribution < 1.29 is 13.9 Å². The van der Waals surface area contributed by atoms with Crippen molar-refractivity contribution in [1.82, 2.24) is 10.2 Å². The molecule has 1 aliphatic heterocycles. The van der Waals surface area contributed by atoms with Gasteiger partial charge in [0.2, 0.25) is 0 Å². The highest BCUT2D eigenvalue weighted by atomic mass is 19.1. The Morgan fingerprint density at radius 3 is 2.85 bits per heavy atom. The Morgan fingerprint density at radius 1 is 1.19 bits per heavy atom. The van der Waals surface area contributed by atoms with E-state index in [9.17, 15) is 9.18 Å². The molecule has 0 aromatic heterocycles. The number of carbonyl (C=O) groups excluding carboxylic acids is 1. The van der Waals surface area contributed by atoms with Gasteiger partial charge < -0.3 is 10.1 Å². The first-order valence-electron chi connectivity index (χ1n) is 9.10. The molecule has 26 heavy (non-hydrogen) atoms. The Morgan fingerprint density at radius 2 is 2.04 bits per heavy atom. The monoisotopic (exact) mass is 356 g/mol. The molecule has 0 spiro atoms. The summed E-state index contributed by atoms with van der Waals surface area (Å²) in [5.41, 5.74) is 1.34. The number of ether oxygens (including phenoxy) is 1. The first kappa shape index (κ1) is 18.4. The van der Waals surface area contributed by atoms with Crippen molar-refractivity contribution >= 4 is 5.91 Å². The fraction of sp³-hybridized carbons (Fsp3) is 0.381. The average molecular weight is 356 g/mol. The van der Waals surface area contributed by atoms with Crippen molar-refractivity contribution in [2.24, 2.45) is 5.92 Å². The average Bonchev–Trinajstić information content (AvgIpc) is 3.08. The molecule has 1 amide bonds. The Kier molecular flexibility index (Phi) is 6.61. The van der Waals surface area contributed by atoms with E-state index < -0.39 is 0 Å². The van der Waals surface area contributed by atoms with Gasteiger partial charge >= 0.3 is 0 Å². The van der Waals surface area contributed by atoms with Gasteiger partial charge in [0.25, 0.3) is 5.91 Å². The molecule has 138 valence electrons. The largest absolute Gasteiger partial charge is 0.484 e. The number of nitrogens with one attached hydrogen (secondary N) is 1. The van der Waals surface area contributed by atoms with E-state index in [0.717, 1.165) is 26.1 Å². The minimum Gasteiger partial charge on any atom is -0.484 e. The quantitative estimate of drug-likeness (QED) is 0.790. The number of hydrogen-bond donors (Lipinski definition) is 1. The molecule has 2 aromatic carbocycles. The van der Waals surface area contributed by atoms with Crippen LogP contribution in [0.3, 0.4) is 0 Å². The van der Waals surface area contributed by atoms with Gasteiger partial charge in [-0.05, 0) is 43.0 Å². The predicted octanol–water partition coefficient (Wildman–Crippen LogP) is 3.23. The number of likely N-dealkylation sites (tertiary alicyclic amines) is 1. The van der Waals surface area contributed by atoms with Crippen LogP contribution < -0.4 is 10.1 Å². The van der Waals surface area contributed by atoms with Crippen molar-refractivity contribution in [2.75, 3.05) is 26.2 Å². The fourth-order valence-electron chi connectivity index (χ4n) is 3.31. The van der Waals surface area contributed by atoms with Crippen molar-refractivity contribution in [3.63, 3.8) is 0 Å². The molecular weight excluding hydrogens is 331 g/mol. The molecule has 1 heterocycles. The van der Waals surface area contributed by atoms with Crippen LogP contribution in [0.25, 0.3) is 0 Å². The summed E-state index contributed by atoms with van der Waals surface area (Å²) in [4.78, 5) is 14.3. The lowest BCUT2D eigenvalue weighted by molar-refractivity contribution is -0.123. The highest BCUT2D eigenvalue weighted by Crippen LogP contribution is 2.21. The lowest BCUT2D eigenvalue weighted by Gasteiger charge is -2.16. The SMILES string of the molecule is O=C(COc1cccc(F)c1)NCC[C@H]1CCN(Cc2ccccc2)C1. The Hall–Kier alpha value is -2.40. The summed E-state index contributed by atoms with van der Waals surface area (Å²) in [6.45, 7) is 3.73. The summed E-state index contributed by atoms with van der Waals surface area (Å²) in [5.74, 6) is 0.438.